The van der Waals surface area contributed by atoms with Crippen LogP contribution in [0.3, 0.4) is 0 Å². The molecule has 0 fully saturated rings. The van der Waals surface area contributed by atoms with Gasteiger partial charge in [-0.2, -0.15) is 13.2 Å². The third-order valence-corrected chi connectivity index (χ3v) is 4.64. The maximum Gasteiger partial charge on any atom is 0.417 e. The molecule has 0 saturated heterocycles. The van der Waals surface area contributed by atoms with E-state index in [0.717, 1.165) is 12.1 Å². The van der Waals surface area contributed by atoms with Crippen LogP contribution in [0.2, 0.25) is 0 Å². The smallest absolute Gasteiger partial charge is 0.349 e. The number of nitrogens with zero attached hydrogens (tertiary/aromatic N) is 1. The lowest BCUT2D eigenvalue weighted by Gasteiger charge is -2.18. The van der Waals surface area contributed by atoms with Crippen LogP contribution in [0.25, 0.3) is 10.9 Å². The van der Waals surface area contributed by atoms with Crippen molar-refractivity contribution in [2.24, 2.45) is 0 Å². The maximum atomic E-state index is 13.9. The molecule has 3 rings (SSSR count). The van der Waals surface area contributed by atoms with Crippen molar-refractivity contribution >= 4 is 16.8 Å². The van der Waals surface area contributed by atoms with Crippen molar-refractivity contribution in [3.63, 3.8) is 0 Å². The summed E-state index contributed by atoms with van der Waals surface area (Å²) in [6, 6.07) is 3.02. The third-order valence-electron chi connectivity index (χ3n) is 4.64. The fourth-order valence-electron chi connectivity index (χ4n) is 3.31. The average molecular weight is 425 g/mol. The fourth-order valence-corrected chi connectivity index (χ4v) is 3.31. The van der Waals surface area contributed by atoms with Crippen molar-refractivity contribution in [3.05, 3.63) is 74.8 Å². The Morgan fingerprint density at radius 2 is 1.93 bits per heavy atom. The van der Waals surface area contributed by atoms with Gasteiger partial charge in [0.05, 0.1) is 23.5 Å². The Hall–Kier alpha value is -3.30. The van der Waals surface area contributed by atoms with Crippen LogP contribution in [0.1, 0.15) is 35.3 Å². The Bertz CT molecular complexity index is 1190. The summed E-state index contributed by atoms with van der Waals surface area (Å²) >= 11 is 0. The highest BCUT2D eigenvalue weighted by Crippen LogP contribution is 2.36. The number of alkyl halides is 3. The molecule has 0 aliphatic heterocycles. The number of rotatable bonds is 4. The van der Waals surface area contributed by atoms with Gasteiger partial charge in [0, 0.05) is 34.5 Å². The Morgan fingerprint density at radius 1 is 1.23 bits per heavy atom. The molecule has 0 radical (unpaired) electrons. The highest BCUT2D eigenvalue weighted by molar-refractivity contribution is 5.88. The number of aromatic amines is 1. The Labute approximate surface area is 166 Å². The summed E-state index contributed by atoms with van der Waals surface area (Å²) in [6.45, 7) is 2.75. The molecule has 158 valence electrons. The summed E-state index contributed by atoms with van der Waals surface area (Å²) in [5.41, 5.74) is -3.12. The van der Waals surface area contributed by atoms with Crippen molar-refractivity contribution in [1.82, 2.24) is 15.3 Å². The minimum atomic E-state index is -4.91. The second-order valence-electron chi connectivity index (χ2n) is 6.76. The van der Waals surface area contributed by atoms with E-state index in [1.165, 1.54) is 26.1 Å². The molecule has 1 aromatic carbocycles. The number of fused-ring (bicyclic) bond motifs is 1. The van der Waals surface area contributed by atoms with E-state index < -0.39 is 52.9 Å². The van der Waals surface area contributed by atoms with Gasteiger partial charge in [0.25, 0.3) is 5.56 Å². The molecule has 3 aromatic rings. The average Bonchev–Trinajstić information content (AvgIpc) is 2.61. The largest absolute Gasteiger partial charge is 0.417 e. The Balaban J connectivity index is 1.99. The number of nitrogens with one attached hydrogen (secondary N) is 2. The summed E-state index contributed by atoms with van der Waals surface area (Å²) in [7, 11) is 0. The molecule has 0 aliphatic carbocycles. The molecule has 0 spiro atoms. The van der Waals surface area contributed by atoms with Gasteiger partial charge in [0.15, 0.2) is 0 Å². The number of hydrogen-bond acceptors (Lipinski definition) is 3. The molecular formula is C20H16F5N3O2. The van der Waals surface area contributed by atoms with Crippen LogP contribution in [-0.4, -0.2) is 15.9 Å². The number of carbonyl (C=O) groups excluding carboxylic acids is 1. The molecule has 5 nitrogen and oxygen atoms in total. The molecule has 1 amide bonds. The fraction of sp³-hybridized carbons (Fsp3) is 0.250. The number of aromatic nitrogens is 2. The SMILES string of the molecule is Cc1nccc2[nH]c(=O)c(CC(=O)N[C@@H](C)c3ccc(F)cc3F)c(C(F)(F)F)c12. The molecule has 0 unspecified atom stereocenters. The lowest BCUT2D eigenvalue weighted by Crippen LogP contribution is -2.32. The first-order valence-corrected chi connectivity index (χ1v) is 8.81. The summed E-state index contributed by atoms with van der Waals surface area (Å²) in [5, 5.41) is 2.04. The van der Waals surface area contributed by atoms with E-state index in [1.54, 1.807) is 0 Å². The van der Waals surface area contributed by atoms with Gasteiger partial charge in [0.2, 0.25) is 5.91 Å². The number of aryl methyl sites for hydroxylation is 1. The van der Waals surface area contributed by atoms with Gasteiger partial charge in [-0.3, -0.25) is 14.6 Å². The zero-order chi connectivity index (χ0) is 22.2. The van der Waals surface area contributed by atoms with E-state index in [9.17, 15) is 31.5 Å². The predicted octanol–water partition coefficient (Wildman–Crippen LogP) is 3.95. The topological polar surface area (TPSA) is 74.8 Å². The Kier molecular flexibility index (Phi) is 5.60. The van der Waals surface area contributed by atoms with Gasteiger partial charge in [-0.25, -0.2) is 8.78 Å². The quantitative estimate of drug-likeness (QED) is 0.622. The highest BCUT2D eigenvalue weighted by Gasteiger charge is 2.38. The van der Waals surface area contributed by atoms with E-state index in [2.05, 4.69) is 15.3 Å². The first-order chi connectivity index (χ1) is 14.0. The van der Waals surface area contributed by atoms with E-state index in [-0.39, 0.29) is 22.2 Å². The summed E-state index contributed by atoms with van der Waals surface area (Å²) in [5.74, 6) is -2.65. The molecule has 2 heterocycles. The highest BCUT2D eigenvalue weighted by atomic mass is 19.4. The molecule has 0 saturated carbocycles. The number of pyridine rings is 2. The number of halogens is 5. The second-order valence-corrected chi connectivity index (χ2v) is 6.76. The lowest BCUT2D eigenvalue weighted by atomic mass is 9.99. The molecule has 0 aliphatic rings. The molecular weight excluding hydrogens is 409 g/mol. The van der Waals surface area contributed by atoms with Crippen LogP contribution >= 0.6 is 0 Å². The van der Waals surface area contributed by atoms with Crippen molar-refractivity contribution < 1.29 is 26.7 Å². The lowest BCUT2D eigenvalue weighted by molar-refractivity contribution is -0.137. The minimum Gasteiger partial charge on any atom is -0.349 e. The number of H-pyrrole nitrogens is 1. The maximum absolute atomic E-state index is 13.9. The van der Waals surface area contributed by atoms with Crippen LogP contribution < -0.4 is 10.9 Å². The summed E-state index contributed by atoms with van der Waals surface area (Å²) in [6.07, 6.45) is -4.54. The van der Waals surface area contributed by atoms with Crippen molar-refractivity contribution in [2.45, 2.75) is 32.5 Å². The summed E-state index contributed by atoms with van der Waals surface area (Å²) in [4.78, 5) is 30.9. The molecule has 30 heavy (non-hydrogen) atoms. The van der Waals surface area contributed by atoms with Gasteiger partial charge < -0.3 is 10.3 Å². The molecule has 0 bridgehead atoms. The molecule has 2 aromatic heterocycles. The zero-order valence-corrected chi connectivity index (χ0v) is 15.8. The predicted molar refractivity (Wildman–Crippen MR) is 98.7 cm³/mol. The van der Waals surface area contributed by atoms with Gasteiger partial charge in [-0.05, 0) is 26.0 Å². The van der Waals surface area contributed by atoms with Crippen LogP contribution in [0.4, 0.5) is 22.0 Å². The number of amides is 1. The van der Waals surface area contributed by atoms with Crippen LogP contribution in [-0.2, 0) is 17.4 Å². The van der Waals surface area contributed by atoms with Gasteiger partial charge in [-0.1, -0.05) is 6.07 Å². The van der Waals surface area contributed by atoms with E-state index in [1.807, 2.05) is 0 Å². The number of carbonyl (C=O) groups is 1. The van der Waals surface area contributed by atoms with Crippen LogP contribution in [0, 0.1) is 18.6 Å². The normalized spacial score (nSPS) is 12.8. The van der Waals surface area contributed by atoms with Crippen molar-refractivity contribution in [2.75, 3.05) is 0 Å². The summed E-state index contributed by atoms with van der Waals surface area (Å²) < 4.78 is 68.4. The van der Waals surface area contributed by atoms with Crippen LogP contribution in [0.5, 0.6) is 0 Å². The van der Waals surface area contributed by atoms with E-state index in [4.69, 9.17) is 0 Å². The Morgan fingerprint density at radius 3 is 2.57 bits per heavy atom. The molecule has 2 N–H and O–H groups in total. The van der Waals surface area contributed by atoms with Gasteiger partial charge in [0.1, 0.15) is 11.6 Å². The number of benzene rings is 1. The zero-order valence-electron chi connectivity index (χ0n) is 15.8. The third kappa shape index (κ3) is 4.17. The van der Waals surface area contributed by atoms with Gasteiger partial charge >= 0.3 is 6.18 Å². The van der Waals surface area contributed by atoms with Gasteiger partial charge in [-0.15, -0.1) is 0 Å². The van der Waals surface area contributed by atoms with E-state index in [0.29, 0.717) is 6.07 Å². The monoisotopic (exact) mass is 425 g/mol. The standard InChI is InChI=1S/C20H16F5N3O2/c1-9(12-4-3-11(21)7-14(12)22)27-16(29)8-13-18(20(23,24)25)17-10(2)26-6-5-15(17)28-19(13)30/h3-7,9H,8H2,1-2H3,(H,27,29)(H,28,30)/t9-/m0/s1. The minimum absolute atomic E-state index is 0.0412. The van der Waals surface area contributed by atoms with E-state index >= 15 is 0 Å². The number of hydrogen-bond donors (Lipinski definition) is 2. The van der Waals surface area contributed by atoms with Crippen molar-refractivity contribution in [3.8, 4) is 0 Å². The second kappa shape index (κ2) is 7.85. The first kappa shape index (κ1) is 21.4. The van der Waals surface area contributed by atoms with Crippen LogP contribution in [0.15, 0.2) is 35.3 Å². The molecule has 1 atom stereocenters. The first-order valence-electron chi connectivity index (χ1n) is 8.81. The van der Waals surface area contributed by atoms with Crippen molar-refractivity contribution in [1.29, 1.82) is 0 Å². The molecule has 10 heteroatoms.